The van der Waals surface area contributed by atoms with Crippen molar-refractivity contribution in [2.45, 2.75) is 99.5 Å². The first-order chi connectivity index (χ1) is 24.9. The number of esters is 2. The molecule has 5 aliphatic heterocycles. The van der Waals surface area contributed by atoms with E-state index in [1.54, 1.807) is 0 Å². The maximum atomic E-state index is 13.5. The van der Waals surface area contributed by atoms with Crippen molar-refractivity contribution in [2.24, 2.45) is 32.7 Å². The Bertz CT molecular complexity index is 1940. The van der Waals surface area contributed by atoms with Crippen LogP contribution in [0.2, 0.25) is 0 Å². The molecule has 52 heavy (non-hydrogen) atoms. The summed E-state index contributed by atoms with van der Waals surface area (Å²) in [6.45, 7) is 15.3. The average Bonchev–Trinajstić information content (AvgIpc) is 3.87. The molecule has 5 heterocycles. The van der Waals surface area contributed by atoms with Gasteiger partial charge < -0.3 is 24.6 Å². The van der Waals surface area contributed by atoms with Crippen LogP contribution in [-0.4, -0.2) is 61.1 Å². The number of fused-ring (bicyclic) bond motifs is 5. The predicted molar refractivity (Wildman–Crippen MR) is 204 cm³/mol. The van der Waals surface area contributed by atoms with Crippen LogP contribution in [0.1, 0.15) is 93.4 Å². The van der Waals surface area contributed by atoms with Gasteiger partial charge in [-0.2, -0.15) is 0 Å². The summed E-state index contributed by atoms with van der Waals surface area (Å²) in [5.41, 5.74) is 12.2. The predicted octanol–water partition coefficient (Wildman–Crippen LogP) is 8.00. The van der Waals surface area contributed by atoms with Crippen LogP contribution >= 0.6 is 0 Å². The largest absolute Gasteiger partial charge is 0.510 e. The first-order valence-corrected chi connectivity index (χ1v) is 18.7. The number of methoxy groups -OCH3 is 2. The van der Waals surface area contributed by atoms with Gasteiger partial charge in [0.1, 0.15) is 11.7 Å². The molecule has 1 unspecified atom stereocenters. The van der Waals surface area contributed by atoms with Gasteiger partial charge in [0.2, 0.25) is 0 Å². The molecule has 1 aliphatic carbocycles. The lowest BCUT2D eigenvalue weighted by molar-refractivity contribution is -0.143. The van der Waals surface area contributed by atoms with Gasteiger partial charge in [0.15, 0.2) is 0 Å². The summed E-state index contributed by atoms with van der Waals surface area (Å²) >= 11 is 0. The molecule has 0 amide bonds. The number of unbranched alkanes of at least 4 members (excludes halogenated alkanes) is 3. The molecule has 0 saturated carbocycles. The summed E-state index contributed by atoms with van der Waals surface area (Å²) in [5, 5.41) is 15.4. The topological polar surface area (TPSA) is 131 Å². The van der Waals surface area contributed by atoms with Gasteiger partial charge in [0.05, 0.1) is 54.5 Å². The second-order valence-electron chi connectivity index (χ2n) is 14.4. The van der Waals surface area contributed by atoms with Crippen LogP contribution in [0.25, 0.3) is 0 Å². The Morgan fingerprint density at radius 2 is 1.65 bits per heavy atom. The number of carbonyl (C=O) groups is 2. The van der Waals surface area contributed by atoms with Gasteiger partial charge in [-0.1, -0.05) is 40.0 Å². The first kappa shape index (κ1) is 37.2. The van der Waals surface area contributed by atoms with Crippen molar-refractivity contribution in [1.82, 2.24) is 5.32 Å². The number of nitrogens with one attached hydrogen (secondary N) is 1. The number of aliphatic imine (C=N–C) groups is 3. The summed E-state index contributed by atoms with van der Waals surface area (Å²) < 4.78 is 16.7. The molecular formula is C42H52N4O6. The van der Waals surface area contributed by atoms with Gasteiger partial charge in [0.25, 0.3) is 0 Å². The quantitative estimate of drug-likeness (QED) is 0.155. The van der Waals surface area contributed by atoms with Crippen molar-refractivity contribution in [3.63, 3.8) is 0 Å². The molecule has 1 saturated heterocycles. The second-order valence-corrected chi connectivity index (χ2v) is 14.4. The number of aliphatic hydroxyl groups is 1. The van der Waals surface area contributed by atoms with Crippen molar-refractivity contribution in [3.05, 3.63) is 91.5 Å². The van der Waals surface area contributed by atoms with Gasteiger partial charge in [0, 0.05) is 53.0 Å². The molecule has 0 aromatic rings. The zero-order valence-electron chi connectivity index (χ0n) is 32.0. The summed E-state index contributed by atoms with van der Waals surface area (Å²) in [7, 11) is 2.71. The van der Waals surface area contributed by atoms with Crippen LogP contribution in [0.4, 0.5) is 0 Å². The third kappa shape index (κ3) is 6.50. The molecule has 10 nitrogen and oxygen atoms in total. The van der Waals surface area contributed by atoms with E-state index < -0.39 is 11.9 Å². The molecular weight excluding hydrogens is 656 g/mol. The fourth-order valence-electron chi connectivity index (χ4n) is 8.28. The maximum absolute atomic E-state index is 13.5. The standard InChI is InChI=1S/C42H52N4O6/c1-10-12-13-14-17-52-25(7)35-23(5)30-18-29-22(4)27(15-16-34(47)50-8)39(45-29)37-38(42(49)51-9)41(48)36-24(6)31(46-40(36)37)19-32-26(11-2)21(3)28(43-32)20-33(35)44-30/h18-20,22,25,27,38,45,48H,10-17H2,1-9H3/t22-,25?,27-,38+/m0/s1. The molecule has 0 aromatic carbocycles. The average molecular weight is 709 g/mol. The van der Waals surface area contributed by atoms with E-state index in [9.17, 15) is 14.7 Å². The molecule has 6 aliphatic rings. The molecule has 0 aromatic heterocycles. The minimum absolute atomic E-state index is 0.0865. The van der Waals surface area contributed by atoms with Crippen molar-refractivity contribution < 1.29 is 28.9 Å². The maximum Gasteiger partial charge on any atom is 0.321 e. The number of ether oxygens (including phenoxy) is 3. The first-order valence-electron chi connectivity index (χ1n) is 18.7. The number of carbonyl (C=O) groups excluding carboxylic acids is 2. The van der Waals surface area contributed by atoms with Crippen LogP contribution in [0.15, 0.2) is 106 Å². The summed E-state index contributed by atoms with van der Waals surface area (Å²) in [6, 6.07) is 0. The van der Waals surface area contributed by atoms with Crippen molar-refractivity contribution >= 4 is 29.1 Å². The van der Waals surface area contributed by atoms with E-state index >= 15 is 0 Å². The highest BCUT2D eigenvalue weighted by Gasteiger charge is 2.49. The molecule has 8 bridgehead atoms. The van der Waals surface area contributed by atoms with Crippen LogP contribution < -0.4 is 5.32 Å². The van der Waals surface area contributed by atoms with E-state index in [4.69, 9.17) is 29.2 Å². The van der Waals surface area contributed by atoms with Gasteiger partial charge in [-0.25, -0.2) is 15.0 Å². The molecule has 276 valence electrons. The Morgan fingerprint density at radius 3 is 2.35 bits per heavy atom. The molecule has 1 fully saturated rings. The zero-order valence-corrected chi connectivity index (χ0v) is 32.0. The number of aliphatic hydroxyl groups excluding tert-OH is 1. The van der Waals surface area contributed by atoms with E-state index in [0.29, 0.717) is 35.6 Å². The molecule has 2 N–H and O–H groups in total. The van der Waals surface area contributed by atoms with Crippen LogP contribution in [0, 0.1) is 17.8 Å². The number of allylic oxidation sites excluding steroid dienone is 10. The van der Waals surface area contributed by atoms with E-state index in [-0.39, 0.29) is 36.1 Å². The summed E-state index contributed by atoms with van der Waals surface area (Å²) in [4.78, 5) is 41.4. The summed E-state index contributed by atoms with van der Waals surface area (Å²) in [5.74, 6) is -2.36. The van der Waals surface area contributed by atoms with E-state index in [2.05, 4.69) is 59.0 Å². The lowest BCUT2D eigenvalue weighted by atomic mass is 9.84. The van der Waals surface area contributed by atoms with E-state index in [1.807, 2.05) is 13.0 Å². The Balaban J connectivity index is 1.57. The normalized spacial score (nSPS) is 24.2. The Labute approximate surface area is 307 Å². The SMILES string of the molecule is CCCCCCOC(C)C1=C(C)C2=NC1=CC1=NC(=CC3=C(C)C4=C(O)[C@H](C(=O)OC)C(=C5NC(=C2)[C@@H](C)[C@@H]5CCC(=O)OC)C4=N3)C(CC)=C1C. The van der Waals surface area contributed by atoms with E-state index in [1.165, 1.54) is 27.1 Å². The Hall–Kier alpha value is -4.57. The molecule has 0 spiro atoms. The fraction of sp³-hybridized carbons (Fsp3) is 0.500. The molecule has 10 heteroatoms. The van der Waals surface area contributed by atoms with Gasteiger partial charge in [-0.05, 0) is 87.5 Å². The third-order valence-corrected chi connectivity index (χ3v) is 11.3. The zero-order chi connectivity index (χ0) is 37.4. The van der Waals surface area contributed by atoms with Crippen LogP contribution in [0.5, 0.6) is 0 Å². The van der Waals surface area contributed by atoms with Crippen molar-refractivity contribution in [3.8, 4) is 0 Å². The summed E-state index contributed by atoms with van der Waals surface area (Å²) in [6.07, 6.45) is 11.9. The molecule has 0 radical (unpaired) electrons. The van der Waals surface area contributed by atoms with Gasteiger partial charge in [-0.15, -0.1) is 0 Å². The van der Waals surface area contributed by atoms with Gasteiger partial charge >= 0.3 is 11.9 Å². The van der Waals surface area contributed by atoms with E-state index in [0.717, 1.165) is 81.3 Å². The monoisotopic (exact) mass is 708 g/mol. The van der Waals surface area contributed by atoms with Crippen molar-refractivity contribution in [2.75, 3.05) is 20.8 Å². The number of rotatable bonds is 12. The Kier molecular flexibility index (Phi) is 10.9. The third-order valence-electron chi connectivity index (χ3n) is 11.3. The smallest absolute Gasteiger partial charge is 0.321 e. The van der Waals surface area contributed by atoms with Crippen LogP contribution in [0.3, 0.4) is 0 Å². The number of nitrogens with zero attached hydrogens (tertiary/aromatic N) is 3. The minimum Gasteiger partial charge on any atom is -0.510 e. The van der Waals surface area contributed by atoms with Crippen molar-refractivity contribution in [1.29, 1.82) is 0 Å². The Morgan fingerprint density at radius 1 is 0.923 bits per heavy atom. The lowest BCUT2D eigenvalue weighted by Gasteiger charge is -2.20. The number of hydrogen-bond donors (Lipinski definition) is 2. The fourth-order valence-corrected chi connectivity index (χ4v) is 8.28. The highest BCUT2D eigenvalue weighted by Crippen LogP contribution is 2.49. The van der Waals surface area contributed by atoms with Gasteiger partial charge in [-0.3, -0.25) is 9.59 Å². The number of hydrogen-bond acceptors (Lipinski definition) is 10. The second kappa shape index (κ2) is 15.2. The molecule has 4 atom stereocenters. The highest BCUT2D eigenvalue weighted by molar-refractivity contribution is 6.24. The molecule has 6 rings (SSSR count). The minimum atomic E-state index is -1.07. The highest BCUT2D eigenvalue weighted by atomic mass is 16.5. The lowest BCUT2D eigenvalue weighted by Crippen LogP contribution is -2.25. The van der Waals surface area contributed by atoms with Crippen LogP contribution in [-0.2, 0) is 23.8 Å².